The molecule has 0 saturated carbocycles. The number of fused-ring (bicyclic) bond motifs is 1. The smallest absolute Gasteiger partial charge is 0.244 e. The van der Waals surface area contributed by atoms with Gasteiger partial charge in [0.1, 0.15) is 27.9 Å². The lowest BCUT2D eigenvalue weighted by molar-refractivity contribution is -0.129. The number of carbonyl (C=O) groups excluding carboxylic acids is 3. The van der Waals surface area contributed by atoms with Crippen molar-refractivity contribution in [1.82, 2.24) is 10.3 Å². The first-order valence-corrected chi connectivity index (χ1v) is 10.6. The van der Waals surface area contributed by atoms with E-state index in [2.05, 4.69) is 15.6 Å². The van der Waals surface area contributed by atoms with E-state index in [4.69, 9.17) is 25.8 Å². The van der Waals surface area contributed by atoms with Gasteiger partial charge in [-0.15, -0.1) is 0 Å². The summed E-state index contributed by atoms with van der Waals surface area (Å²) in [5.74, 6) is -0.932. The van der Waals surface area contributed by atoms with E-state index in [-0.39, 0.29) is 40.3 Å². The summed E-state index contributed by atoms with van der Waals surface area (Å²) in [4.78, 5) is 42.9. The highest BCUT2D eigenvalue weighted by Crippen LogP contribution is 2.52. The minimum absolute atomic E-state index is 0.0672. The number of pyridine rings is 1. The molecular formula is C23H22ClN3O6. The van der Waals surface area contributed by atoms with Crippen LogP contribution in [0.25, 0.3) is 0 Å². The van der Waals surface area contributed by atoms with Crippen molar-refractivity contribution >= 4 is 34.9 Å². The van der Waals surface area contributed by atoms with Gasteiger partial charge in [0.05, 0.1) is 20.8 Å². The Labute approximate surface area is 195 Å². The van der Waals surface area contributed by atoms with Crippen LogP contribution in [0.15, 0.2) is 42.2 Å². The monoisotopic (exact) mass is 471 g/mol. The van der Waals surface area contributed by atoms with Crippen molar-refractivity contribution in [3.05, 3.63) is 52.8 Å². The number of ether oxygens (including phenoxy) is 3. The minimum atomic E-state index is -1.76. The second-order valence-corrected chi connectivity index (χ2v) is 8.10. The van der Waals surface area contributed by atoms with Crippen LogP contribution in [0.1, 0.15) is 23.7 Å². The van der Waals surface area contributed by atoms with Crippen molar-refractivity contribution in [2.45, 2.75) is 18.9 Å². The molecule has 0 bridgehead atoms. The van der Waals surface area contributed by atoms with Crippen LogP contribution in [0, 0.1) is 5.92 Å². The molecule has 0 unspecified atom stereocenters. The lowest BCUT2D eigenvalue weighted by atomic mass is 9.74. The van der Waals surface area contributed by atoms with Crippen LogP contribution < -0.4 is 24.8 Å². The molecule has 2 N–H and O–H groups in total. The fourth-order valence-electron chi connectivity index (χ4n) is 4.07. The Balaban J connectivity index is 1.55. The van der Waals surface area contributed by atoms with E-state index in [0.29, 0.717) is 17.9 Å². The average Bonchev–Trinajstić information content (AvgIpc) is 3.12. The van der Waals surface area contributed by atoms with Crippen molar-refractivity contribution in [3.8, 4) is 17.2 Å². The summed E-state index contributed by atoms with van der Waals surface area (Å²) in [5.41, 5.74) is -1.12. The van der Waals surface area contributed by atoms with E-state index < -0.39 is 23.1 Å². The maximum absolute atomic E-state index is 13.5. The van der Waals surface area contributed by atoms with E-state index in [1.807, 2.05) is 0 Å². The SMILES string of the molecule is COc1cc(OC)c2c(c1Cl)O[C@@]1(C(=O)C=C(NCC(=O)Nc3ccccn3)C[C@H]1C)C2=O. The van der Waals surface area contributed by atoms with E-state index in [9.17, 15) is 14.4 Å². The Morgan fingerprint density at radius 1 is 1.27 bits per heavy atom. The highest BCUT2D eigenvalue weighted by Gasteiger charge is 2.60. The third-order valence-corrected chi connectivity index (χ3v) is 6.08. The standard InChI is InChI=1S/C23H22ClN3O6/c1-12-8-13(26-11-18(29)27-17-6-4-5-7-25-17)9-16(28)23(12)22(30)19-14(31-2)10-15(32-3)20(24)21(19)33-23/h4-7,9-10,12,26H,8,11H2,1-3H3,(H,25,27,29)/t12-,23+/m1/s1. The number of allylic oxidation sites excluding steroid dienone is 1. The molecule has 2 aliphatic rings. The van der Waals surface area contributed by atoms with Crippen LogP contribution in [-0.2, 0) is 9.59 Å². The number of nitrogens with one attached hydrogen (secondary N) is 2. The van der Waals surface area contributed by atoms with Gasteiger partial charge in [-0.1, -0.05) is 24.6 Å². The molecule has 2 heterocycles. The summed E-state index contributed by atoms with van der Waals surface area (Å²) < 4.78 is 16.6. The van der Waals surface area contributed by atoms with Gasteiger partial charge in [-0.3, -0.25) is 14.4 Å². The molecule has 4 rings (SSSR count). The van der Waals surface area contributed by atoms with E-state index in [1.54, 1.807) is 31.3 Å². The number of Topliss-reactive ketones (excluding diaryl/α,β-unsaturated/α-hetero) is 1. The van der Waals surface area contributed by atoms with Gasteiger partial charge in [0, 0.05) is 30.0 Å². The zero-order valence-corrected chi connectivity index (χ0v) is 19.0. The van der Waals surface area contributed by atoms with Gasteiger partial charge in [-0.05, 0) is 18.6 Å². The first-order valence-electron chi connectivity index (χ1n) is 10.2. The van der Waals surface area contributed by atoms with Gasteiger partial charge in [0.25, 0.3) is 0 Å². The lowest BCUT2D eigenvalue weighted by Crippen LogP contribution is -2.55. The predicted molar refractivity (Wildman–Crippen MR) is 120 cm³/mol. The fraction of sp³-hybridized carbons (Fsp3) is 0.304. The number of methoxy groups -OCH3 is 2. The highest BCUT2D eigenvalue weighted by atomic mass is 35.5. The number of hydrogen-bond donors (Lipinski definition) is 2. The van der Waals surface area contributed by atoms with Gasteiger partial charge >= 0.3 is 0 Å². The maximum atomic E-state index is 13.5. The number of ketones is 2. The van der Waals surface area contributed by atoms with Gasteiger partial charge in [-0.25, -0.2) is 4.98 Å². The van der Waals surface area contributed by atoms with Crippen molar-refractivity contribution in [2.75, 3.05) is 26.1 Å². The number of aromatic nitrogens is 1. The number of nitrogens with zero attached hydrogens (tertiary/aromatic N) is 1. The first-order chi connectivity index (χ1) is 15.8. The van der Waals surface area contributed by atoms with Crippen LogP contribution in [0.3, 0.4) is 0 Å². The number of hydrogen-bond acceptors (Lipinski definition) is 8. The molecule has 10 heteroatoms. The van der Waals surface area contributed by atoms with Gasteiger partial charge in [0.2, 0.25) is 23.1 Å². The second kappa shape index (κ2) is 8.74. The van der Waals surface area contributed by atoms with Crippen LogP contribution >= 0.6 is 11.6 Å². The molecule has 1 aliphatic carbocycles. The second-order valence-electron chi connectivity index (χ2n) is 7.72. The quantitative estimate of drug-likeness (QED) is 0.618. The maximum Gasteiger partial charge on any atom is 0.244 e. The van der Waals surface area contributed by atoms with Crippen LogP contribution in [0.4, 0.5) is 5.82 Å². The Bertz CT molecular complexity index is 1170. The lowest BCUT2D eigenvalue weighted by Gasteiger charge is -2.35. The predicted octanol–water partition coefficient (Wildman–Crippen LogP) is 2.79. The largest absolute Gasteiger partial charge is 0.496 e. The van der Waals surface area contributed by atoms with Gasteiger partial charge in [0.15, 0.2) is 5.75 Å². The summed E-state index contributed by atoms with van der Waals surface area (Å²) in [7, 11) is 2.84. The van der Waals surface area contributed by atoms with E-state index in [0.717, 1.165) is 0 Å². The topological polar surface area (TPSA) is 116 Å². The third kappa shape index (κ3) is 3.78. The average molecular weight is 472 g/mol. The van der Waals surface area contributed by atoms with Crippen LogP contribution in [-0.4, -0.2) is 48.8 Å². The van der Waals surface area contributed by atoms with E-state index >= 15 is 0 Å². The Hall–Kier alpha value is -3.59. The molecule has 0 fully saturated rings. The Morgan fingerprint density at radius 3 is 2.67 bits per heavy atom. The molecule has 1 aromatic heterocycles. The molecule has 1 spiro atoms. The Kier molecular flexibility index (Phi) is 5.99. The van der Waals surface area contributed by atoms with Crippen molar-refractivity contribution < 1.29 is 28.6 Å². The summed E-state index contributed by atoms with van der Waals surface area (Å²) in [6.45, 7) is 1.67. The van der Waals surface area contributed by atoms with Crippen molar-refractivity contribution in [2.24, 2.45) is 5.92 Å². The molecule has 172 valence electrons. The number of rotatable bonds is 6. The van der Waals surface area contributed by atoms with Crippen molar-refractivity contribution in [1.29, 1.82) is 0 Å². The zero-order valence-electron chi connectivity index (χ0n) is 18.2. The zero-order chi connectivity index (χ0) is 23.8. The summed E-state index contributed by atoms with van der Waals surface area (Å²) >= 11 is 6.38. The first kappa shape index (κ1) is 22.6. The molecule has 2 atom stereocenters. The number of anilines is 1. The highest BCUT2D eigenvalue weighted by molar-refractivity contribution is 6.36. The van der Waals surface area contributed by atoms with Gasteiger partial charge in [-0.2, -0.15) is 0 Å². The Morgan fingerprint density at radius 2 is 2.03 bits per heavy atom. The summed E-state index contributed by atoms with van der Waals surface area (Å²) in [6, 6.07) is 6.66. The molecule has 0 radical (unpaired) electrons. The van der Waals surface area contributed by atoms with Gasteiger partial charge < -0.3 is 24.8 Å². The molecule has 1 aromatic carbocycles. The minimum Gasteiger partial charge on any atom is -0.496 e. The molecule has 0 saturated heterocycles. The summed E-state index contributed by atoms with van der Waals surface area (Å²) in [5, 5.41) is 5.71. The summed E-state index contributed by atoms with van der Waals surface area (Å²) in [6.07, 6.45) is 3.18. The molecule has 1 aliphatic heterocycles. The van der Waals surface area contributed by atoms with Crippen LogP contribution in [0.2, 0.25) is 5.02 Å². The number of carbonyl (C=O) groups is 3. The number of halogens is 1. The third-order valence-electron chi connectivity index (χ3n) is 5.72. The van der Waals surface area contributed by atoms with Crippen molar-refractivity contribution in [3.63, 3.8) is 0 Å². The van der Waals surface area contributed by atoms with Crippen LogP contribution in [0.5, 0.6) is 17.2 Å². The molecule has 2 aromatic rings. The fourth-order valence-corrected chi connectivity index (χ4v) is 4.33. The number of amides is 1. The molecule has 9 nitrogen and oxygen atoms in total. The van der Waals surface area contributed by atoms with E-state index in [1.165, 1.54) is 26.4 Å². The molecule has 1 amide bonds. The number of benzene rings is 1. The molecular weight excluding hydrogens is 450 g/mol. The molecule has 33 heavy (non-hydrogen) atoms. The normalized spacial score (nSPS) is 21.2.